The van der Waals surface area contributed by atoms with Crippen LogP contribution in [0.15, 0.2) is 36.5 Å². The van der Waals surface area contributed by atoms with Crippen molar-refractivity contribution >= 4 is 23.2 Å². The van der Waals surface area contributed by atoms with Gasteiger partial charge in [0.05, 0.1) is 5.56 Å². The molecule has 0 saturated heterocycles. The summed E-state index contributed by atoms with van der Waals surface area (Å²) in [5, 5.41) is 2.57. The number of alkyl halides is 3. The highest BCUT2D eigenvalue weighted by atomic mass is 35.5. The van der Waals surface area contributed by atoms with Crippen LogP contribution in [0.5, 0.6) is 0 Å². The lowest BCUT2D eigenvalue weighted by atomic mass is 10.1. The molecule has 0 bridgehead atoms. The summed E-state index contributed by atoms with van der Waals surface area (Å²) in [7, 11) is 0. The van der Waals surface area contributed by atoms with E-state index in [2.05, 4.69) is 10.3 Å². The SMILES string of the molecule is Cc1ccc(C(F)(F)F)cc1NC(=O)c1ccnc(Cl)c1. The lowest BCUT2D eigenvalue weighted by molar-refractivity contribution is -0.137. The Morgan fingerprint density at radius 3 is 2.57 bits per heavy atom. The molecule has 21 heavy (non-hydrogen) atoms. The molecule has 0 saturated carbocycles. The first-order valence-electron chi connectivity index (χ1n) is 5.88. The standard InChI is InChI=1S/C14H10ClF3N2O/c1-8-2-3-10(14(16,17)18)7-11(8)20-13(21)9-4-5-19-12(15)6-9/h2-7H,1H3,(H,20,21). The van der Waals surface area contributed by atoms with Gasteiger partial charge in [-0.05, 0) is 36.8 Å². The highest BCUT2D eigenvalue weighted by Gasteiger charge is 2.30. The van der Waals surface area contributed by atoms with E-state index in [1.54, 1.807) is 6.92 Å². The van der Waals surface area contributed by atoms with Gasteiger partial charge in [-0.1, -0.05) is 17.7 Å². The molecule has 110 valence electrons. The second-order valence-corrected chi connectivity index (χ2v) is 4.74. The minimum atomic E-state index is -4.47. The number of carbonyl (C=O) groups excluding carboxylic acids is 1. The van der Waals surface area contributed by atoms with Crippen LogP contribution < -0.4 is 5.32 Å². The van der Waals surface area contributed by atoms with Crippen LogP contribution in [0.1, 0.15) is 21.5 Å². The molecule has 2 rings (SSSR count). The number of pyridine rings is 1. The molecule has 0 aliphatic heterocycles. The predicted molar refractivity (Wildman–Crippen MR) is 73.4 cm³/mol. The zero-order chi connectivity index (χ0) is 15.6. The number of hydrogen-bond donors (Lipinski definition) is 1. The van der Waals surface area contributed by atoms with Crippen molar-refractivity contribution in [1.29, 1.82) is 0 Å². The van der Waals surface area contributed by atoms with Crippen LogP contribution in [0.2, 0.25) is 5.15 Å². The Labute approximate surface area is 123 Å². The van der Waals surface area contributed by atoms with E-state index in [0.717, 1.165) is 12.1 Å². The van der Waals surface area contributed by atoms with E-state index in [9.17, 15) is 18.0 Å². The van der Waals surface area contributed by atoms with Crippen LogP contribution in [0.25, 0.3) is 0 Å². The van der Waals surface area contributed by atoms with Gasteiger partial charge in [0, 0.05) is 17.4 Å². The smallest absolute Gasteiger partial charge is 0.322 e. The van der Waals surface area contributed by atoms with Crippen molar-refractivity contribution in [2.24, 2.45) is 0 Å². The molecule has 1 aromatic heterocycles. The fourth-order valence-electron chi connectivity index (χ4n) is 1.67. The average molecular weight is 315 g/mol. The Bertz CT molecular complexity index is 686. The van der Waals surface area contributed by atoms with Crippen molar-refractivity contribution in [1.82, 2.24) is 4.98 Å². The van der Waals surface area contributed by atoms with Crippen molar-refractivity contribution in [2.75, 3.05) is 5.32 Å². The predicted octanol–water partition coefficient (Wildman–Crippen LogP) is 4.31. The van der Waals surface area contributed by atoms with Gasteiger partial charge in [-0.2, -0.15) is 13.2 Å². The summed E-state index contributed by atoms with van der Waals surface area (Å²) in [5.41, 5.74) is 0.0160. The monoisotopic (exact) mass is 314 g/mol. The molecule has 7 heteroatoms. The number of anilines is 1. The molecule has 0 unspecified atom stereocenters. The molecule has 0 aliphatic carbocycles. The van der Waals surface area contributed by atoms with Gasteiger partial charge in [0.1, 0.15) is 5.15 Å². The number of benzene rings is 1. The Kier molecular flexibility index (Phi) is 4.18. The van der Waals surface area contributed by atoms with E-state index >= 15 is 0 Å². The second kappa shape index (κ2) is 5.73. The van der Waals surface area contributed by atoms with E-state index in [0.29, 0.717) is 5.56 Å². The van der Waals surface area contributed by atoms with E-state index < -0.39 is 17.6 Å². The molecule has 2 aromatic rings. The minimum absolute atomic E-state index is 0.0998. The van der Waals surface area contributed by atoms with Gasteiger partial charge in [0.25, 0.3) is 5.91 Å². The van der Waals surface area contributed by atoms with Crippen LogP contribution in [0.4, 0.5) is 18.9 Å². The van der Waals surface area contributed by atoms with Crippen LogP contribution in [0, 0.1) is 6.92 Å². The number of nitrogens with zero attached hydrogens (tertiary/aromatic N) is 1. The van der Waals surface area contributed by atoms with E-state index in [1.807, 2.05) is 0 Å². The summed E-state index contributed by atoms with van der Waals surface area (Å²) in [4.78, 5) is 15.7. The number of aromatic nitrogens is 1. The van der Waals surface area contributed by atoms with Crippen LogP contribution in [0.3, 0.4) is 0 Å². The summed E-state index contributed by atoms with van der Waals surface area (Å²) >= 11 is 5.67. The van der Waals surface area contributed by atoms with Gasteiger partial charge in [-0.25, -0.2) is 4.98 Å². The molecule has 3 nitrogen and oxygen atoms in total. The lowest BCUT2D eigenvalue weighted by Crippen LogP contribution is -2.14. The van der Waals surface area contributed by atoms with E-state index in [1.165, 1.54) is 24.4 Å². The average Bonchev–Trinajstić information content (AvgIpc) is 2.40. The summed E-state index contributed by atoms with van der Waals surface area (Å²) in [5.74, 6) is -0.554. The summed E-state index contributed by atoms with van der Waals surface area (Å²) in [6, 6.07) is 5.92. The largest absolute Gasteiger partial charge is 0.416 e. The van der Waals surface area contributed by atoms with E-state index in [-0.39, 0.29) is 16.4 Å². The summed E-state index contributed by atoms with van der Waals surface area (Å²) < 4.78 is 38.0. The Balaban J connectivity index is 2.29. The lowest BCUT2D eigenvalue weighted by Gasteiger charge is -2.12. The van der Waals surface area contributed by atoms with E-state index in [4.69, 9.17) is 11.6 Å². The molecule has 0 spiro atoms. The third-order valence-corrected chi connectivity index (χ3v) is 3.01. The molecule has 0 aliphatic rings. The number of nitrogens with one attached hydrogen (secondary N) is 1. The molecule has 0 fully saturated rings. The van der Waals surface area contributed by atoms with Crippen molar-refractivity contribution in [2.45, 2.75) is 13.1 Å². The van der Waals surface area contributed by atoms with Crippen LogP contribution >= 0.6 is 11.6 Å². The van der Waals surface area contributed by atoms with Gasteiger partial charge in [-0.3, -0.25) is 4.79 Å². The molecule has 0 atom stereocenters. The summed E-state index contributed by atoms with van der Waals surface area (Å²) in [6.45, 7) is 1.61. The molecular formula is C14H10ClF3N2O. The highest BCUT2D eigenvalue weighted by molar-refractivity contribution is 6.29. The third kappa shape index (κ3) is 3.72. The molecule has 0 radical (unpaired) electrons. The molecule has 1 aromatic carbocycles. The number of rotatable bonds is 2. The normalized spacial score (nSPS) is 11.3. The number of carbonyl (C=O) groups is 1. The quantitative estimate of drug-likeness (QED) is 0.839. The Morgan fingerprint density at radius 1 is 1.24 bits per heavy atom. The number of aryl methyl sites for hydroxylation is 1. The van der Waals surface area contributed by atoms with Crippen molar-refractivity contribution in [3.8, 4) is 0 Å². The first-order chi connectivity index (χ1) is 9.77. The maximum Gasteiger partial charge on any atom is 0.416 e. The van der Waals surface area contributed by atoms with Crippen LogP contribution in [-0.4, -0.2) is 10.9 Å². The molecular weight excluding hydrogens is 305 g/mol. The highest BCUT2D eigenvalue weighted by Crippen LogP contribution is 2.32. The zero-order valence-corrected chi connectivity index (χ0v) is 11.6. The maximum absolute atomic E-state index is 12.7. The minimum Gasteiger partial charge on any atom is -0.322 e. The fraction of sp³-hybridized carbons (Fsp3) is 0.143. The van der Waals surface area contributed by atoms with Crippen molar-refractivity contribution in [3.05, 3.63) is 58.4 Å². The van der Waals surface area contributed by atoms with Gasteiger partial charge in [-0.15, -0.1) is 0 Å². The maximum atomic E-state index is 12.7. The number of halogens is 4. The van der Waals surface area contributed by atoms with Crippen molar-refractivity contribution in [3.63, 3.8) is 0 Å². The Morgan fingerprint density at radius 2 is 1.95 bits per heavy atom. The van der Waals surface area contributed by atoms with Crippen molar-refractivity contribution < 1.29 is 18.0 Å². The first-order valence-corrected chi connectivity index (χ1v) is 6.26. The molecule has 1 amide bonds. The zero-order valence-electron chi connectivity index (χ0n) is 10.8. The first kappa shape index (κ1) is 15.3. The second-order valence-electron chi connectivity index (χ2n) is 4.35. The topological polar surface area (TPSA) is 42.0 Å². The fourth-order valence-corrected chi connectivity index (χ4v) is 1.85. The number of hydrogen-bond acceptors (Lipinski definition) is 2. The van der Waals surface area contributed by atoms with Gasteiger partial charge >= 0.3 is 6.18 Å². The van der Waals surface area contributed by atoms with Crippen LogP contribution in [-0.2, 0) is 6.18 Å². The van der Waals surface area contributed by atoms with Gasteiger partial charge in [0.2, 0.25) is 0 Å². The number of amides is 1. The third-order valence-electron chi connectivity index (χ3n) is 2.80. The summed E-state index contributed by atoms with van der Waals surface area (Å²) in [6.07, 6.45) is -3.12. The Hall–Kier alpha value is -2.08. The molecule has 1 N–H and O–H groups in total. The van der Waals surface area contributed by atoms with Gasteiger partial charge in [0.15, 0.2) is 0 Å². The van der Waals surface area contributed by atoms with Gasteiger partial charge < -0.3 is 5.32 Å². The molecule has 1 heterocycles.